The second-order valence-electron chi connectivity index (χ2n) is 6.29. The Labute approximate surface area is 201 Å². The predicted octanol–water partition coefficient (Wildman–Crippen LogP) is 0.0214. The molecule has 0 spiro atoms. The van der Waals surface area contributed by atoms with Gasteiger partial charge in [-0.2, -0.15) is 0 Å². The molecule has 0 saturated heterocycles. The molecule has 0 amide bonds. The summed E-state index contributed by atoms with van der Waals surface area (Å²) in [6.45, 7) is 10.0. The highest BCUT2D eigenvalue weighted by Gasteiger charge is 1.99. The molecule has 0 aromatic carbocycles. The fourth-order valence-corrected chi connectivity index (χ4v) is 2.01. The number of carbonyl (C=O) groups excluding carboxylic acids is 2. The monoisotopic (exact) mass is 496 g/mol. The van der Waals surface area contributed by atoms with E-state index >= 15 is 0 Å². The number of ether oxygens (including phenoxy) is 10. The highest BCUT2D eigenvalue weighted by Crippen LogP contribution is 1.86. The summed E-state index contributed by atoms with van der Waals surface area (Å²) < 4.78 is 51.7. The second-order valence-corrected chi connectivity index (χ2v) is 6.29. The van der Waals surface area contributed by atoms with Gasteiger partial charge in [-0.3, -0.25) is 0 Å². The minimum Gasteiger partial charge on any atom is -0.467 e. The number of hydrogen-bond acceptors (Lipinski definition) is 12. The van der Waals surface area contributed by atoms with Gasteiger partial charge in [-0.25, -0.2) is 9.59 Å². The molecule has 0 heterocycles. The third-order valence-electron chi connectivity index (χ3n) is 3.69. The van der Waals surface area contributed by atoms with Gasteiger partial charge in [-0.05, 0) is 0 Å². The first-order valence-electron chi connectivity index (χ1n) is 11.2. The SMILES string of the molecule is C=CC(=O)OCCOCCOCCOCCOCCOCCOCCOCCOCC(=O)OC. The molecule has 0 N–H and O–H groups in total. The van der Waals surface area contributed by atoms with Crippen molar-refractivity contribution in [3.63, 3.8) is 0 Å². The van der Waals surface area contributed by atoms with Gasteiger partial charge in [0, 0.05) is 6.08 Å². The molecule has 0 aliphatic carbocycles. The Kier molecular flexibility index (Phi) is 26.3. The van der Waals surface area contributed by atoms with Crippen molar-refractivity contribution in [1.29, 1.82) is 0 Å². The van der Waals surface area contributed by atoms with Gasteiger partial charge in [-0.1, -0.05) is 6.58 Å². The largest absolute Gasteiger partial charge is 0.467 e. The van der Waals surface area contributed by atoms with Crippen LogP contribution >= 0.6 is 0 Å². The van der Waals surface area contributed by atoms with Crippen LogP contribution in [0.4, 0.5) is 0 Å². The quantitative estimate of drug-likeness (QED) is 0.0864. The van der Waals surface area contributed by atoms with Crippen LogP contribution in [0.5, 0.6) is 0 Å². The highest BCUT2D eigenvalue weighted by molar-refractivity contribution is 5.81. The summed E-state index contributed by atoms with van der Waals surface area (Å²) in [6, 6.07) is 0. The lowest BCUT2D eigenvalue weighted by Crippen LogP contribution is -2.16. The first kappa shape index (κ1) is 32.4. The lowest BCUT2D eigenvalue weighted by atomic mass is 10.6. The summed E-state index contributed by atoms with van der Waals surface area (Å²) >= 11 is 0. The maximum Gasteiger partial charge on any atom is 0.331 e. The van der Waals surface area contributed by atoms with Crippen LogP contribution in [0.3, 0.4) is 0 Å². The van der Waals surface area contributed by atoms with E-state index in [1.165, 1.54) is 7.11 Å². The van der Waals surface area contributed by atoms with Crippen LogP contribution < -0.4 is 0 Å². The first-order chi connectivity index (χ1) is 16.7. The Hall–Kier alpha value is -1.64. The maximum atomic E-state index is 10.8. The lowest BCUT2D eigenvalue weighted by Gasteiger charge is -2.08. The van der Waals surface area contributed by atoms with Crippen LogP contribution in [0.25, 0.3) is 0 Å². The summed E-state index contributed by atoms with van der Waals surface area (Å²) in [5, 5.41) is 0. The van der Waals surface area contributed by atoms with Crippen molar-refractivity contribution < 1.29 is 57.0 Å². The number of methoxy groups -OCH3 is 1. The normalized spacial score (nSPS) is 10.9. The van der Waals surface area contributed by atoms with Crippen molar-refractivity contribution in [2.24, 2.45) is 0 Å². The van der Waals surface area contributed by atoms with Gasteiger partial charge in [0.2, 0.25) is 0 Å². The van der Waals surface area contributed by atoms with Gasteiger partial charge in [0.05, 0.1) is 106 Å². The minimum absolute atomic E-state index is 0.0726. The highest BCUT2D eigenvalue weighted by atomic mass is 16.6. The Morgan fingerprint density at radius 2 is 0.824 bits per heavy atom. The molecule has 0 saturated carbocycles. The molecule has 12 nitrogen and oxygen atoms in total. The number of hydrogen-bond donors (Lipinski definition) is 0. The van der Waals surface area contributed by atoms with Crippen molar-refractivity contribution >= 4 is 11.9 Å². The number of carbonyl (C=O) groups is 2. The van der Waals surface area contributed by atoms with Gasteiger partial charge in [0.25, 0.3) is 0 Å². The van der Waals surface area contributed by atoms with E-state index in [0.29, 0.717) is 99.1 Å². The Morgan fingerprint density at radius 3 is 1.12 bits per heavy atom. The van der Waals surface area contributed by atoms with Crippen LogP contribution in [0, 0.1) is 0 Å². The molecular formula is C22H40O12. The molecule has 0 radical (unpaired) electrons. The van der Waals surface area contributed by atoms with Gasteiger partial charge < -0.3 is 47.4 Å². The molecule has 200 valence electrons. The van der Waals surface area contributed by atoms with Crippen LogP contribution in [0.2, 0.25) is 0 Å². The third kappa shape index (κ3) is 26.6. The van der Waals surface area contributed by atoms with E-state index in [1.807, 2.05) is 0 Å². The van der Waals surface area contributed by atoms with E-state index in [9.17, 15) is 9.59 Å². The fourth-order valence-electron chi connectivity index (χ4n) is 2.01. The molecule has 12 heteroatoms. The molecule has 0 aliphatic rings. The number of rotatable bonds is 27. The zero-order chi connectivity index (χ0) is 25.0. The summed E-state index contributed by atoms with van der Waals surface area (Å²) in [6.07, 6.45) is 1.11. The van der Waals surface area contributed by atoms with Gasteiger partial charge in [-0.15, -0.1) is 0 Å². The molecule has 0 rings (SSSR count). The van der Waals surface area contributed by atoms with E-state index in [0.717, 1.165) is 6.08 Å². The van der Waals surface area contributed by atoms with Crippen LogP contribution in [0.1, 0.15) is 0 Å². The summed E-state index contributed by atoms with van der Waals surface area (Å²) in [4.78, 5) is 21.6. The Morgan fingerprint density at radius 1 is 0.529 bits per heavy atom. The molecule has 0 atom stereocenters. The van der Waals surface area contributed by atoms with Crippen LogP contribution in [-0.4, -0.2) is 131 Å². The standard InChI is InChI=1S/C22H40O12/c1-3-21(23)34-19-18-32-15-14-30-11-10-28-7-6-26-4-5-27-8-9-29-12-13-31-16-17-33-20-22(24)25-2/h3H,1,4-20H2,2H3. The van der Waals surface area contributed by atoms with Gasteiger partial charge >= 0.3 is 11.9 Å². The molecule has 0 aromatic rings. The summed E-state index contributed by atoms with van der Waals surface area (Å²) in [5.41, 5.74) is 0. The van der Waals surface area contributed by atoms with Gasteiger partial charge in [0.15, 0.2) is 0 Å². The first-order valence-corrected chi connectivity index (χ1v) is 11.2. The Balaban J connectivity index is 3.06. The van der Waals surface area contributed by atoms with Gasteiger partial charge in [0.1, 0.15) is 13.2 Å². The van der Waals surface area contributed by atoms with Crippen LogP contribution in [0.15, 0.2) is 12.7 Å². The molecule has 34 heavy (non-hydrogen) atoms. The molecule has 0 unspecified atom stereocenters. The van der Waals surface area contributed by atoms with Crippen molar-refractivity contribution in [3.05, 3.63) is 12.7 Å². The smallest absolute Gasteiger partial charge is 0.331 e. The minimum atomic E-state index is -0.462. The number of esters is 2. The molecule has 0 aromatic heterocycles. The van der Waals surface area contributed by atoms with E-state index in [2.05, 4.69) is 11.3 Å². The van der Waals surface area contributed by atoms with E-state index in [1.54, 1.807) is 0 Å². The predicted molar refractivity (Wildman–Crippen MR) is 120 cm³/mol. The molecule has 0 fully saturated rings. The fraction of sp³-hybridized carbons (Fsp3) is 0.818. The third-order valence-corrected chi connectivity index (χ3v) is 3.69. The van der Waals surface area contributed by atoms with E-state index < -0.39 is 11.9 Å². The summed E-state index contributed by atoms with van der Waals surface area (Å²) in [5.74, 6) is -0.873. The average Bonchev–Trinajstić information content (AvgIpc) is 2.85. The lowest BCUT2D eigenvalue weighted by molar-refractivity contribution is -0.146. The van der Waals surface area contributed by atoms with E-state index in [4.69, 9.17) is 42.6 Å². The average molecular weight is 497 g/mol. The van der Waals surface area contributed by atoms with Crippen LogP contribution in [-0.2, 0) is 57.0 Å². The molecular weight excluding hydrogens is 456 g/mol. The van der Waals surface area contributed by atoms with E-state index in [-0.39, 0.29) is 13.2 Å². The zero-order valence-corrected chi connectivity index (χ0v) is 20.2. The second kappa shape index (κ2) is 27.6. The maximum absolute atomic E-state index is 10.8. The zero-order valence-electron chi connectivity index (χ0n) is 20.2. The topological polar surface area (TPSA) is 126 Å². The van der Waals surface area contributed by atoms with Crippen molar-refractivity contribution in [2.45, 2.75) is 0 Å². The summed E-state index contributed by atoms with van der Waals surface area (Å²) in [7, 11) is 1.31. The van der Waals surface area contributed by atoms with Crippen molar-refractivity contribution in [1.82, 2.24) is 0 Å². The van der Waals surface area contributed by atoms with Crippen molar-refractivity contribution in [2.75, 3.05) is 119 Å². The van der Waals surface area contributed by atoms with Crippen molar-refractivity contribution in [3.8, 4) is 0 Å². The Bertz CT molecular complexity index is 475. The molecule has 0 bridgehead atoms. The molecule has 0 aliphatic heterocycles.